The van der Waals surface area contributed by atoms with Gasteiger partial charge in [-0.3, -0.25) is 10.1 Å². The van der Waals surface area contributed by atoms with Crippen LogP contribution in [0.4, 0.5) is 8.78 Å². The second kappa shape index (κ2) is 5.25. The van der Waals surface area contributed by atoms with Crippen molar-refractivity contribution >= 4 is 5.91 Å². The van der Waals surface area contributed by atoms with Crippen LogP contribution in [0.3, 0.4) is 0 Å². The number of benzene rings is 1. The highest BCUT2D eigenvalue weighted by Gasteiger charge is 2.40. The van der Waals surface area contributed by atoms with E-state index in [1.54, 1.807) is 0 Å². The molecule has 1 atom stereocenters. The fraction of sp³-hybridized carbons (Fsp3) is 0.500. The number of rotatable bonds is 4. The highest BCUT2D eigenvalue weighted by Crippen LogP contribution is 2.29. The fourth-order valence-corrected chi connectivity index (χ4v) is 2.72. The van der Waals surface area contributed by atoms with Gasteiger partial charge in [0.1, 0.15) is 17.2 Å². The van der Waals surface area contributed by atoms with Crippen LogP contribution in [0.25, 0.3) is 0 Å². The van der Waals surface area contributed by atoms with Gasteiger partial charge >= 0.3 is 0 Å². The molecule has 1 aromatic carbocycles. The van der Waals surface area contributed by atoms with Crippen molar-refractivity contribution in [3.8, 4) is 0 Å². The number of carbonyl (C=O) groups is 1. The molecule has 3 nitrogen and oxygen atoms in total. The van der Waals surface area contributed by atoms with E-state index in [9.17, 15) is 13.6 Å². The predicted octanol–water partition coefficient (Wildman–Crippen LogP) is 2.20. The molecule has 1 saturated carbocycles. The molecule has 1 unspecified atom stereocenters. The van der Waals surface area contributed by atoms with E-state index < -0.39 is 23.1 Å². The lowest BCUT2D eigenvalue weighted by Crippen LogP contribution is -2.54. The summed E-state index contributed by atoms with van der Waals surface area (Å²) in [5, 5.41) is 3.04. The van der Waals surface area contributed by atoms with Crippen LogP contribution in [0.2, 0.25) is 0 Å². The average Bonchev–Trinajstić information content (AvgIpc) is 2.81. The summed E-state index contributed by atoms with van der Waals surface area (Å²) < 4.78 is 27.8. The van der Waals surface area contributed by atoms with Crippen LogP contribution in [-0.2, 0) is 10.3 Å². The third kappa shape index (κ3) is 2.61. The molecule has 1 fully saturated rings. The van der Waals surface area contributed by atoms with Gasteiger partial charge in [0.15, 0.2) is 0 Å². The van der Waals surface area contributed by atoms with Crippen molar-refractivity contribution in [2.75, 3.05) is 0 Å². The van der Waals surface area contributed by atoms with Crippen molar-refractivity contribution in [2.24, 2.45) is 5.73 Å². The molecule has 1 aromatic rings. The first kappa shape index (κ1) is 13.9. The van der Waals surface area contributed by atoms with Crippen LogP contribution in [0.15, 0.2) is 18.2 Å². The molecular weight excluding hydrogens is 250 g/mol. The number of amides is 1. The number of hydrogen-bond acceptors (Lipinski definition) is 2. The van der Waals surface area contributed by atoms with Crippen molar-refractivity contribution in [2.45, 2.75) is 44.2 Å². The molecule has 2 rings (SSSR count). The van der Waals surface area contributed by atoms with Crippen LogP contribution >= 0.6 is 0 Å². The van der Waals surface area contributed by atoms with E-state index in [0.717, 1.165) is 37.8 Å². The van der Waals surface area contributed by atoms with Gasteiger partial charge in [0.2, 0.25) is 5.91 Å². The van der Waals surface area contributed by atoms with E-state index in [1.165, 1.54) is 13.0 Å². The Labute approximate surface area is 111 Å². The topological polar surface area (TPSA) is 55.1 Å². The number of hydrogen-bond donors (Lipinski definition) is 2. The van der Waals surface area contributed by atoms with Crippen molar-refractivity contribution in [1.29, 1.82) is 0 Å². The van der Waals surface area contributed by atoms with E-state index in [0.29, 0.717) is 0 Å². The lowest BCUT2D eigenvalue weighted by Gasteiger charge is -2.32. The molecule has 19 heavy (non-hydrogen) atoms. The Hall–Kier alpha value is -1.49. The third-order valence-electron chi connectivity index (χ3n) is 3.80. The predicted molar refractivity (Wildman–Crippen MR) is 68.3 cm³/mol. The molecule has 1 aliphatic rings. The van der Waals surface area contributed by atoms with Crippen LogP contribution in [-0.4, -0.2) is 11.9 Å². The monoisotopic (exact) mass is 268 g/mol. The van der Waals surface area contributed by atoms with Crippen LogP contribution in [0.5, 0.6) is 0 Å². The lowest BCUT2D eigenvalue weighted by molar-refractivity contribution is -0.124. The van der Waals surface area contributed by atoms with E-state index in [4.69, 9.17) is 5.73 Å². The zero-order valence-electron chi connectivity index (χ0n) is 10.9. The summed E-state index contributed by atoms with van der Waals surface area (Å²) in [5.41, 5.74) is 3.56. The lowest BCUT2D eigenvalue weighted by atomic mass is 9.89. The fourth-order valence-electron chi connectivity index (χ4n) is 2.72. The van der Waals surface area contributed by atoms with Crippen molar-refractivity contribution in [1.82, 2.24) is 5.32 Å². The van der Waals surface area contributed by atoms with E-state index in [-0.39, 0.29) is 11.6 Å². The Balaban J connectivity index is 2.40. The largest absolute Gasteiger partial charge is 0.368 e. The molecular formula is C14H18F2N2O. The summed E-state index contributed by atoms with van der Waals surface area (Å²) in [5.74, 6) is -2.29. The van der Waals surface area contributed by atoms with E-state index in [2.05, 4.69) is 5.32 Å². The molecule has 0 bridgehead atoms. The van der Waals surface area contributed by atoms with Crippen molar-refractivity contribution in [3.63, 3.8) is 0 Å². The second-order valence-corrected chi connectivity index (χ2v) is 5.21. The van der Waals surface area contributed by atoms with Gasteiger partial charge in [0.05, 0.1) is 5.56 Å². The molecule has 3 N–H and O–H groups in total. The first-order valence-corrected chi connectivity index (χ1v) is 6.47. The van der Waals surface area contributed by atoms with Gasteiger partial charge in [-0.15, -0.1) is 0 Å². The van der Waals surface area contributed by atoms with Crippen molar-refractivity contribution in [3.05, 3.63) is 35.4 Å². The summed E-state index contributed by atoms with van der Waals surface area (Å²) in [6.45, 7) is 1.44. The van der Waals surface area contributed by atoms with Gasteiger partial charge in [0.25, 0.3) is 0 Å². The number of nitrogens with two attached hydrogens (primary N) is 1. The highest BCUT2D eigenvalue weighted by atomic mass is 19.1. The number of carbonyl (C=O) groups excluding carboxylic acids is 1. The minimum Gasteiger partial charge on any atom is -0.368 e. The molecule has 5 heteroatoms. The zero-order chi connectivity index (χ0) is 14.0. The minimum absolute atomic E-state index is 0.0662. The average molecular weight is 268 g/mol. The first-order chi connectivity index (χ1) is 8.95. The van der Waals surface area contributed by atoms with Gasteiger partial charge in [-0.2, -0.15) is 0 Å². The number of nitrogens with one attached hydrogen (secondary N) is 1. The SMILES string of the molecule is CC(NC1CCCC1)(C(N)=O)c1c(F)cccc1F. The molecule has 0 aromatic heterocycles. The summed E-state index contributed by atoms with van der Waals surface area (Å²) in [7, 11) is 0. The standard InChI is InChI=1S/C14H18F2N2O/c1-14(13(17)19,18-9-5-2-3-6-9)12-10(15)7-4-8-11(12)16/h4,7-9,18H,2-3,5-6H2,1H3,(H2,17,19). The van der Waals surface area contributed by atoms with Gasteiger partial charge in [-0.25, -0.2) is 8.78 Å². The maximum Gasteiger partial charge on any atom is 0.242 e. The zero-order valence-corrected chi connectivity index (χ0v) is 10.9. The molecule has 104 valence electrons. The van der Waals surface area contributed by atoms with Gasteiger partial charge < -0.3 is 5.73 Å². The van der Waals surface area contributed by atoms with E-state index >= 15 is 0 Å². The molecule has 0 saturated heterocycles. The first-order valence-electron chi connectivity index (χ1n) is 6.47. The quantitative estimate of drug-likeness (QED) is 0.879. The maximum atomic E-state index is 13.9. The summed E-state index contributed by atoms with van der Waals surface area (Å²) in [6, 6.07) is 3.60. The number of halogens is 2. The molecule has 1 amide bonds. The molecule has 0 aliphatic heterocycles. The van der Waals surface area contributed by atoms with Gasteiger partial charge in [-0.05, 0) is 31.9 Å². The van der Waals surface area contributed by atoms with Crippen LogP contribution < -0.4 is 11.1 Å². The smallest absolute Gasteiger partial charge is 0.242 e. The molecule has 0 heterocycles. The Morgan fingerprint density at radius 3 is 2.32 bits per heavy atom. The third-order valence-corrected chi connectivity index (χ3v) is 3.80. The maximum absolute atomic E-state index is 13.9. The molecule has 0 spiro atoms. The van der Waals surface area contributed by atoms with Gasteiger partial charge in [-0.1, -0.05) is 18.9 Å². The Kier molecular flexibility index (Phi) is 3.85. The Bertz CT molecular complexity index is 466. The second-order valence-electron chi connectivity index (χ2n) is 5.21. The van der Waals surface area contributed by atoms with E-state index in [1.807, 2.05) is 0 Å². The Morgan fingerprint density at radius 2 is 1.84 bits per heavy atom. The van der Waals surface area contributed by atoms with Crippen LogP contribution in [0, 0.1) is 11.6 Å². The van der Waals surface area contributed by atoms with Gasteiger partial charge in [0, 0.05) is 6.04 Å². The summed E-state index contributed by atoms with van der Waals surface area (Å²) in [4.78, 5) is 11.7. The summed E-state index contributed by atoms with van der Waals surface area (Å²) in [6.07, 6.45) is 3.87. The van der Waals surface area contributed by atoms with Crippen molar-refractivity contribution < 1.29 is 13.6 Å². The molecule has 1 aliphatic carbocycles. The minimum atomic E-state index is -1.52. The Morgan fingerprint density at radius 1 is 1.32 bits per heavy atom. The van der Waals surface area contributed by atoms with Crippen LogP contribution in [0.1, 0.15) is 38.2 Å². The number of primary amides is 1. The summed E-state index contributed by atoms with van der Waals surface area (Å²) >= 11 is 0. The molecule has 0 radical (unpaired) electrons. The normalized spacial score (nSPS) is 19.3. The highest BCUT2D eigenvalue weighted by molar-refractivity contribution is 5.86.